The van der Waals surface area contributed by atoms with Crippen molar-refractivity contribution in [3.63, 3.8) is 0 Å². The SMILES string of the molecule is CN(C)C(=O)c1ccn(Cc2cc(C(=O)NN)co2)n1. The largest absolute Gasteiger partial charge is 0.467 e. The Morgan fingerprint density at radius 1 is 1.50 bits per heavy atom. The number of nitrogens with zero attached hydrogens (tertiary/aromatic N) is 3. The summed E-state index contributed by atoms with van der Waals surface area (Å²) >= 11 is 0. The lowest BCUT2D eigenvalue weighted by atomic mass is 10.3. The second-order valence-corrected chi connectivity index (χ2v) is 4.37. The zero-order valence-corrected chi connectivity index (χ0v) is 11.2. The molecule has 0 fully saturated rings. The monoisotopic (exact) mass is 277 g/mol. The van der Waals surface area contributed by atoms with E-state index in [0.29, 0.717) is 23.6 Å². The molecule has 2 amide bonds. The van der Waals surface area contributed by atoms with Gasteiger partial charge in [0.25, 0.3) is 11.8 Å². The Morgan fingerprint density at radius 3 is 2.90 bits per heavy atom. The Morgan fingerprint density at radius 2 is 2.25 bits per heavy atom. The van der Waals surface area contributed by atoms with Gasteiger partial charge in [-0.1, -0.05) is 0 Å². The molecule has 0 aromatic carbocycles. The first-order chi connectivity index (χ1) is 9.51. The summed E-state index contributed by atoms with van der Waals surface area (Å²) in [5.41, 5.74) is 2.70. The van der Waals surface area contributed by atoms with Crippen LogP contribution in [-0.4, -0.2) is 40.6 Å². The zero-order chi connectivity index (χ0) is 14.7. The number of amides is 2. The molecule has 0 radical (unpaired) electrons. The molecule has 0 spiro atoms. The molecule has 2 aromatic rings. The number of hydrogen-bond donors (Lipinski definition) is 2. The third-order valence-electron chi connectivity index (χ3n) is 2.63. The van der Waals surface area contributed by atoms with Crippen LogP contribution in [0.4, 0.5) is 0 Å². The predicted octanol–water partition coefficient (Wildman–Crippen LogP) is -0.170. The van der Waals surface area contributed by atoms with Crippen LogP contribution < -0.4 is 11.3 Å². The van der Waals surface area contributed by atoms with E-state index in [0.717, 1.165) is 0 Å². The average molecular weight is 277 g/mol. The van der Waals surface area contributed by atoms with E-state index >= 15 is 0 Å². The number of furan rings is 1. The van der Waals surface area contributed by atoms with E-state index in [-0.39, 0.29) is 5.91 Å². The lowest BCUT2D eigenvalue weighted by molar-refractivity contribution is 0.0820. The number of nitrogens with one attached hydrogen (secondary N) is 1. The predicted molar refractivity (Wildman–Crippen MR) is 69.7 cm³/mol. The number of rotatable bonds is 4. The van der Waals surface area contributed by atoms with Crippen LogP contribution in [0.3, 0.4) is 0 Å². The maximum absolute atomic E-state index is 11.7. The molecule has 106 valence electrons. The molecule has 2 aromatic heterocycles. The molecule has 0 aliphatic rings. The maximum atomic E-state index is 11.7. The van der Waals surface area contributed by atoms with Crippen molar-refractivity contribution in [1.29, 1.82) is 0 Å². The molecule has 2 rings (SSSR count). The summed E-state index contributed by atoms with van der Waals surface area (Å²) in [5, 5.41) is 4.14. The van der Waals surface area contributed by atoms with Gasteiger partial charge in [-0.05, 0) is 12.1 Å². The van der Waals surface area contributed by atoms with Crippen LogP contribution >= 0.6 is 0 Å². The van der Waals surface area contributed by atoms with Gasteiger partial charge in [0.15, 0.2) is 0 Å². The number of nitrogens with two attached hydrogens (primary N) is 1. The standard InChI is InChI=1S/C12H15N5O3/c1-16(2)12(19)10-3-4-17(15-10)6-9-5-8(7-20-9)11(18)14-13/h3-5,7H,6,13H2,1-2H3,(H,14,18). The van der Waals surface area contributed by atoms with Crippen LogP contribution in [-0.2, 0) is 6.54 Å². The highest BCUT2D eigenvalue weighted by Crippen LogP contribution is 2.10. The molecule has 0 bridgehead atoms. The number of aromatic nitrogens is 2. The van der Waals surface area contributed by atoms with Gasteiger partial charge in [0.2, 0.25) is 0 Å². The smallest absolute Gasteiger partial charge is 0.273 e. The molecule has 0 saturated carbocycles. The Kier molecular flexibility index (Phi) is 3.85. The molecule has 3 N–H and O–H groups in total. The number of hydrogen-bond acceptors (Lipinski definition) is 5. The van der Waals surface area contributed by atoms with Crippen molar-refractivity contribution in [2.45, 2.75) is 6.54 Å². The summed E-state index contributed by atoms with van der Waals surface area (Å²) in [5.74, 6) is 4.97. The first kappa shape index (κ1) is 13.8. The number of hydrazine groups is 1. The molecule has 0 atom stereocenters. The second-order valence-electron chi connectivity index (χ2n) is 4.37. The summed E-state index contributed by atoms with van der Waals surface area (Å²) in [6.45, 7) is 0.318. The van der Waals surface area contributed by atoms with Crippen LogP contribution in [0.5, 0.6) is 0 Å². The van der Waals surface area contributed by atoms with Crippen molar-refractivity contribution in [2.75, 3.05) is 14.1 Å². The lowest BCUT2D eigenvalue weighted by Crippen LogP contribution is -2.29. The summed E-state index contributed by atoms with van der Waals surface area (Å²) in [4.78, 5) is 24.4. The van der Waals surface area contributed by atoms with Crippen LogP contribution in [0.2, 0.25) is 0 Å². The van der Waals surface area contributed by atoms with Crippen LogP contribution in [0.15, 0.2) is 29.0 Å². The van der Waals surface area contributed by atoms with Crippen molar-refractivity contribution in [2.24, 2.45) is 5.84 Å². The van der Waals surface area contributed by atoms with Crippen molar-refractivity contribution >= 4 is 11.8 Å². The minimum atomic E-state index is -0.427. The minimum absolute atomic E-state index is 0.175. The van der Waals surface area contributed by atoms with Gasteiger partial charge in [0.05, 0.1) is 12.1 Å². The maximum Gasteiger partial charge on any atom is 0.273 e. The quantitative estimate of drug-likeness (QED) is 0.458. The summed E-state index contributed by atoms with van der Waals surface area (Å²) in [6, 6.07) is 3.19. The molecule has 8 nitrogen and oxygen atoms in total. The normalized spacial score (nSPS) is 10.3. The topological polar surface area (TPSA) is 106 Å². The third kappa shape index (κ3) is 2.86. The van der Waals surface area contributed by atoms with E-state index in [2.05, 4.69) is 5.10 Å². The Labute approximate surface area is 115 Å². The van der Waals surface area contributed by atoms with E-state index in [9.17, 15) is 9.59 Å². The fourth-order valence-electron chi connectivity index (χ4n) is 1.62. The fraction of sp³-hybridized carbons (Fsp3) is 0.250. The van der Waals surface area contributed by atoms with Crippen LogP contribution in [0.1, 0.15) is 26.6 Å². The third-order valence-corrected chi connectivity index (χ3v) is 2.63. The van der Waals surface area contributed by atoms with E-state index < -0.39 is 5.91 Å². The summed E-state index contributed by atoms with van der Waals surface area (Å²) in [7, 11) is 3.32. The minimum Gasteiger partial charge on any atom is -0.467 e. The molecule has 0 unspecified atom stereocenters. The Hall–Kier alpha value is -2.61. The highest BCUT2D eigenvalue weighted by molar-refractivity contribution is 5.93. The molecule has 0 aliphatic heterocycles. The molecule has 2 heterocycles. The van der Waals surface area contributed by atoms with Crippen LogP contribution in [0.25, 0.3) is 0 Å². The van der Waals surface area contributed by atoms with Gasteiger partial charge >= 0.3 is 0 Å². The summed E-state index contributed by atoms with van der Waals surface area (Å²) in [6.07, 6.45) is 2.98. The second kappa shape index (κ2) is 5.57. The van der Waals surface area contributed by atoms with Crippen molar-refractivity contribution < 1.29 is 14.0 Å². The van der Waals surface area contributed by atoms with Gasteiger partial charge in [-0.3, -0.25) is 19.7 Å². The molecule has 20 heavy (non-hydrogen) atoms. The average Bonchev–Trinajstić information content (AvgIpc) is 3.06. The number of nitrogen functional groups attached to an aromatic ring is 1. The van der Waals surface area contributed by atoms with Gasteiger partial charge in [-0.25, -0.2) is 5.84 Å². The van der Waals surface area contributed by atoms with E-state index in [1.165, 1.54) is 11.2 Å². The lowest BCUT2D eigenvalue weighted by Gasteiger charge is -2.06. The molecular formula is C12H15N5O3. The van der Waals surface area contributed by atoms with Crippen LogP contribution in [0, 0.1) is 0 Å². The van der Waals surface area contributed by atoms with Gasteiger partial charge in [0.1, 0.15) is 17.7 Å². The number of carbonyl (C=O) groups is 2. The van der Waals surface area contributed by atoms with E-state index in [1.807, 2.05) is 5.43 Å². The molecular weight excluding hydrogens is 262 g/mol. The highest BCUT2D eigenvalue weighted by atomic mass is 16.3. The van der Waals surface area contributed by atoms with Gasteiger partial charge in [0, 0.05) is 20.3 Å². The zero-order valence-electron chi connectivity index (χ0n) is 11.2. The first-order valence-corrected chi connectivity index (χ1v) is 5.84. The fourth-order valence-corrected chi connectivity index (χ4v) is 1.62. The van der Waals surface area contributed by atoms with Gasteiger partial charge < -0.3 is 9.32 Å². The molecule has 8 heteroatoms. The highest BCUT2D eigenvalue weighted by Gasteiger charge is 2.13. The van der Waals surface area contributed by atoms with Crippen molar-refractivity contribution in [3.05, 3.63) is 41.6 Å². The summed E-state index contributed by atoms with van der Waals surface area (Å²) < 4.78 is 6.79. The Bertz CT molecular complexity index is 629. The van der Waals surface area contributed by atoms with Gasteiger partial charge in [-0.15, -0.1) is 0 Å². The Balaban J connectivity index is 2.09. The van der Waals surface area contributed by atoms with Crippen molar-refractivity contribution in [3.8, 4) is 0 Å². The van der Waals surface area contributed by atoms with Crippen molar-refractivity contribution in [1.82, 2.24) is 20.1 Å². The number of carbonyl (C=O) groups excluding carboxylic acids is 2. The van der Waals surface area contributed by atoms with E-state index in [4.69, 9.17) is 10.3 Å². The van der Waals surface area contributed by atoms with E-state index in [1.54, 1.807) is 37.1 Å². The van der Waals surface area contributed by atoms with Gasteiger partial charge in [-0.2, -0.15) is 5.10 Å². The molecule has 0 aliphatic carbocycles. The first-order valence-electron chi connectivity index (χ1n) is 5.84. The molecule has 0 saturated heterocycles.